The van der Waals surface area contributed by atoms with Gasteiger partial charge in [-0.2, -0.15) is 0 Å². The molecule has 3 rings (SSSR count). The van der Waals surface area contributed by atoms with E-state index in [4.69, 9.17) is 9.47 Å². The third kappa shape index (κ3) is 5.74. The Kier molecular flexibility index (Phi) is 6.43. The average molecular weight is 397 g/mol. The first-order valence-electron chi connectivity index (χ1n) is 9.34. The SMILES string of the molecule is CS(=O)(=O)NCCC1CCCCN1C(=O)Nc1ccc2c(c1)OCCCO2. The van der Waals surface area contributed by atoms with E-state index in [1.807, 2.05) is 0 Å². The highest BCUT2D eigenvalue weighted by atomic mass is 32.2. The van der Waals surface area contributed by atoms with Gasteiger partial charge in [-0.1, -0.05) is 0 Å². The van der Waals surface area contributed by atoms with E-state index in [0.29, 0.717) is 49.9 Å². The van der Waals surface area contributed by atoms with Gasteiger partial charge in [0.1, 0.15) is 0 Å². The second kappa shape index (κ2) is 8.79. The number of ether oxygens (including phenoxy) is 2. The summed E-state index contributed by atoms with van der Waals surface area (Å²) in [5.74, 6) is 1.33. The number of fused-ring (bicyclic) bond motifs is 1. The topological polar surface area (TPSA) is 97.0 Å². The third-order valence-corrected chi connectivity index (χ3v) is 5.46. The molecular weight excluding hydrogens is 370 g/mol. The van der Waals surface area contributed by atoms with Gasteiger partial charge < -0.3 is 19.7 Å². The van der Waals surface area contributed by atoms with Crippen molar-refractivity contribution in [1.29, 1.82) is 0 Å². The number of amides is 2. The van der Waals surface area contributed by atoms with Crippen LogP contribution >= 0.6 is 0 Å². The summed E-state index contributed by atoms with van der Waals surface area (Å²) in [5.41, 5.74) is 0.655. The molecule has 0 bridgehead atoms. The first-order valence-corrected chi connectivity index (χ1v) is 11.2. The van der Waals surface area contributed by atoms with Crippen LogP contribution in [0.3, 0.4) is 0 Å². The van der Waals surface area contributed by atoms with E-state index in [9.17, 15) is 13.2 Å². The first kappa shape index (κ1) is 19.8. The molecule has 2 heterocycles. The van der Waals surface area contributed by atoms with Crippen LogP contribution in [0.15, 0.2) is 18.2 Å². The first-order chi connectivity index (χ1) is 12.9. The monoisotopic (exact) mass is 397 g/mol. The van der Waals surface area contributed by atoms with Gasteiger partial charge in [-0.05, 0) is 37.8 Å². The van der Waals surface area contributed by atoms with Crippen LogP contribution in [-0.2, 0) is 10.0 Å². The van der Waals surface area contributed by atoms with E-state index in [0.717, 1.165) is 31.9 Å². The Hall–Kier alpha value is -2.00. The molecule has 0 aliphatic carbocycles. The predicted molar refractivity (Wildman–Crippen MR) is 103 cm³/mol. The van der Waals surface area contributed by atoms with Crippen molar-refractivity contribution >= 4 is 21.7 Å². The van der Waals surface area contributed by atoms with Crippen LogP contribution in [0.5, 0.6) is 11.5 Å². The van der Waals surface area contributed by atoms with E-state index >= 15 is 0 Å². The molecule has 9 heteroatoms. The highest BCUT2D eigenvalue weighted by molar-refractivity contribution is 7.88. The number of piperidine rings is 1. The van der Waals surface area contributed by atoms with Gasteiger partial charge in [0, 0.05) is 37.3 Å². The van der Waals surface area contributed by atoms with Crippen LogP contribution in [0.1, 0.15) is 32.1 Å². The van der Waals surface area contributed by atoms with Crippen molar-refractivity contribution < 1.29 is 22.7 Å². The Labute approximate surface area is 160 Å². The Morgan fingerprint density at radius 3 is 2.74 bits per heavy atom. The molecule has 27 heavy (non-hydrogen) atoms. The number of nitrogens with one attached hydrogen (secondary N) is 2. The van der Waals surface area contributed by atoms with Gasteiger partial charge in [0.2, 0.25) is 10.0 Å². The van der Waals surface area contributed by atoms with Crippen LogP contribution in [0.4, 0.5) is 10.5 Å². The largest absolute Gasteiger partial charge is 0.490 e. The van der Waals surface area contributed by atoms with E-state index in [2.05, 4.69) is 10.0 Å². The summed E-state index contributed by atoms with van der Waals surface area (Å²) in [6.07, 6.45) is 5.43. The molecule has 1 saturated heterocycles. The molecule has 2 N–H and O–H groups in total. The molecule has 1 atom stereocenters. The number of carbonyl (C=O) groups excluding carboxylic acids is 1. The zero-order valence-electron chi connectivity index (χ0n) is 15.6. The summed E-state index contributed by atoms with van der Waals surface area (Å²) in [7, 11) is -3.22. The number of hydrogen-bond donors (Lipinski definition) is 2. The lowest BCUT2D eigenvalue weighted by molar-refractivity contribution is 0.158. The van der Waals surface area contributed by atoms with Gasteiger partial charge in [-0.3, -0.25) is 0 Å². The zero-order chi connectivity index (χ0) is 19.3. The number of nitrogens with zero attached hydrogens (tertiary/aromatic N) is 1. The summed E-state index contributed by atoms with van der Waals surface area (Å²) in [5, 5.41) is 2.93. The summed E-state index contributed by atoms with van der Waals surface area (Å²) in [6.45, 7) is 2.21. The molecule has 150 valence electrons. The Bertz CT molecular complexity index is 768. The number of rotatable bonds is 5. The number of anilines is 1. The predicted octanol–water partition coefficient (Wildman–Crippen LogP) is 2.17. The van der Waals surface area contributed by atoms with Crippen LogP contribution in [0.25, 0.3) is 0 Å². The van der Waals surface area contributed by atoms with Gasteiger partial charge in [-0.15, -0.1) is 0 Å². The number of sulfonamides is 1. The maximum atomic E-state index is 12.8. The molecular formula is C18H27N3O5S. The van der Waals surface area contributed by atoms with E-state index < -0.39 is 10.0 Å². The van der Waals surface area contributed by atoms with Crippen molar-refractivity contribution in [2.45, 2.75) is 38.1 Å². The van der Waals surface area contributed by atoms with Gasteiger partial charge in [0.25, 0.3) is 0 Å². The highest BCUT2D eigenvalue weighted by Gasteiger charge is 2.27. The lowest BCUT2D eigenvalue weighted by atomic mass is 10.00. The molecule has 1 fully saturated rings. The summed E-state index contributed by atoms with van der Waals surface area (Å²) in [6, 6.07) is 5.24. The molecule has 0 radical (unpaired) electrons. The van der Waals surface area contributed by atoms with Crippen molar-refractivity contribution in [2.75, 3.05) is 37.9 Å². The molecule has 2 aliphatic heterocycles. The summed E-state index contributed by atoms with van der Waals surface area (Å²) in [4.78, 5) is 14.6. The molecule has 0 aromatic heterocycles. The second-order valence-corrected chi connectivity index (χ2v) is 8.77. The van der Waals surface area contributed by atoms with Crippen LogP contribution in [-0.4, -0.2) is 57.9 Å². The number of likely N-dealkylation sites (tertiary alicyclic amines) is 1. The summed E-state index contributed by atoms with van der Waals surface area (Å²) >= 11 is 0. The standard InChI is InChI=1S/C18H27N3O5S/c1-27(23,24)19-9-8-15-5-2-3-10-21(15)18(22)20-14-6-7-16-17(13-14)26-12-4-11-25-16/h6-7,13,15,19H,2-5,8-12H2,1H3,(H,20,22). The Balaban J connectivity index is 1.62. The lowest BCUT2D eigenvalue weighted by Crippen LogP contribution is -2.47. The normalized spacial score (nSPS) is 20.0. The van der Waals surface area contributed by atoms with E-state index in [1.54, 1.807) is 23.1 Å². The van der Waals surface area contributed by atoms with Gasteiger partial charge >= 0.3 is 6.03 Å². The van der Waals surface area contributed by atoms with Crippen LogP contribution < -0.4 is 19.5 Å². The average Bonchev–Trinajstić information content (AvgIpc) is 2.86. The Morgan fingerprint density at radius 2 is 1.96 bits per heavy atom. The Morgan fingerprint density at radius 1 is 1.19 bits per heavy atom. The third-order valence-electron chi connectivity index (χ3n) is 4.73. The van der Waals surface area contributed by atoms with Gasteiger partial charge in [0.15, 0.2) is 11.5 Å². The van der Waals surface area contributed by atoms with Crippen molar-refractivity contribution in [3.63, 3.8) is 0 Å². The number of hydrogen-bond acceptors (Lipinski definition) is 5. The molecule has 2 aliphatic rings. The van der Waals surface area contributed by atoms with Crippen molar-refractivity contribution in [1.82, 2.24) is 9.62 Å². The minimum Gasteiger partial charge on any atom is -0.490 e. The summed E-state index contributed by atoms with van der Waals surface area (Å²) < 4.78 is 36.3. The lowest BCUT2D eigenvalue weighted by Gasteiger charge is -2.35. The van der Waals surface area contributed by atoms with Crippen molar-refractivity contribution in [2.24, 2.45) is 0 Å². The maximum Gasteiger partial charge on any atom is 0.322 e. The van der Waals surface area contributed by atoms with Gasteiger partial charge in [0.05, 0.1) is 19.5 Å². The molecule has 0 saturated carbocycles. The maximum absolute atomic E-state index is 12.8. The second-order valence-electron chi connectivity index (χ2n) is 6.94. The van der Waals surface area contributed by atoms with Crippen molar-refractivity contribution in [3.8, 4) is 11.5 Å². The molecule has 1 unspecified atom stereocenters. The molecule has 0 spiro atoms. The number of benzene rings is 1. The minimum atomic E-state index is -3.22. The molecule has 1 aromatic rings. The fraction of sp³-hybridized carbons (Fsp3) is 0.611. The molecule has 1 aromatic carbocycles. The van der Waals surface area contributed by atoms with E-state index in [1.165, 1.54) is 0 Å². The minimum absolute atomic E-state index is 0.0217. The molecule has 8 nitrogen and oxygen atoms in total. The molecule has 2 amide bonds. The van der Waals surface area contributed by atoms with Crippen LogP contribution in [0.2, 0.25) is 0 Å². The fourth-order valence-electron chi connectivity index (χ4n) is 3.42. The van der Waals surface area contributed by atoms with Crippen LogP contribution in [0, 0.1) is 0 Å². The van der Waals surface area contributed by atoms with Gasteiger partial charge in [-0.25, -0.2) is 17.9 Å². The van der Waals surface area contributed by atoms with Crippen molar-refractivity contribution in [3.05, 3.63) is 18.2 Å². The fourth-order valence-corrected chi connectivity index (χ4v) is 3.90. The smallest absolute Gasteiger partial charge is 0.322 e. The number of carbonyl (C=O) groups is 1. The highest BCUT2D eigenvalue weighted by Crippen LogP contribution is 2.32. The number of urea groups is 1. The zero-order valence-corrected chi connectivity index (χ0v) is 16.4. The van der Waals surface area contributed by atoms with E-state index in [-0.39, 0.29) is 12.1 Å². The quantitative estimate of drug-likeness (QED) is 0.794.